The Labute approximate surface area is 330 Å². The van der Waals surface area contributed by atoms with Crippen LogP contribution in [0.25, 0.3) is 61.6 Å². The van der Waals surface area contributed by atoms with Gasteiger partial charge in [0.15, 0.2) is 0 Å². The summed E-state index contributed by atoms with van der Waals surface area (Å²) in [7, 11) is 2.13. The van der Waals surface area contributed by atoms with Gasteiger partial charge in [-0.2, -0.15) is 0 Å². The van der Waals surface area contributed by atoms with Gasteiger partial charge in [0.1, 0.15) is 11.5 Å². The SMILES string of the molecule is Cc1cccc(C)c1B1N(C)c2nc3ccc(Oc4cccc(-n5[c-][n+](-c6ccccc6-c6ccccc6)c6ccccc65)c4)cc3n2-c2nc3ccccc3n21. The molecule has 10 aromatic rings. The monoisotopic (exact) mass is 737 g/mol. The van der Waals surface area contributed by atoms with Gasteiger partial charge in [0.05, 0.1) is 44.5 Å². The molecule has 0 bridgehead atoms. The summed E-state index contributed by atoms with van der Waals surface area (Å²) in [6.45, 7) is 4.25. The molecule has 8 nitrogen and oxygen atoms in total. The Bertz CT molecular complexity index is 3160. The summed E-state index contributed by atoms with van der Waals surface area (Å²) in [5.41, 5.74) is 13.9. The second kappa shape index (κ2) is 12.8. The van der Waals surface area contributed by atoms with Gasteiger partial charge >= 0.3 is 6.98 Å². The van der Waals surface area contributed by atoms with E-state index in [9.17, 15) is 0 Å². The van der Waals surface area contributed by atoms with E-state index in [1.54, 1.807) is 0 Å². The second-order valence-electron chi connectivity index (χ2n) is 14.7. The third-order valence-electron chi connectivity index (χ3n) is 11.2. The maximum absolute atomic E-state index is 6.67. The van der Waals surface area contributed by atoms with Crippen molar-refractivity contribution >= 4 is 51.5 Å². The van der Waals surface area contributed by atoms with E-state index in [4.69, 9.17) is 14.7 Å². The number of para-hydroxylation sites is 5. The number of ether oxygens (including phenoxy) is 1. The first kappa shape index (κ1) is 33.0. The van der Waals surface area contributed by atoms with Crippen molar-refractivity contribution < 1.29 is 9.30 Å². The van der Waals surface area contributed by atoms with Crippen molar-refractivity contribution in [3.8, 4) is 39.9 Å². The van der Waals surface area contributed by atoms with Crippen LogP contribution in [0.2, 0.25) is 0 Å². The van der Waals surface area contributed by atoms with Gasteiger partial charge in [0.25, 0.3) is 6.33 Å². The number of benzene rings is 7. The highest BCUT2D eigenvalue weighted by Gasteiger charge is 2.40. The van der Waals surface area contributed by atoms with E-state index in [0.717, 1.165) is 67.5 Å². The van der Waals surface area contributed by atoms with Crippen molar-refractivity contribution in [1.82, 2.24) is 23.6 Å². The number of rotatable bonds is 6. The molecule has 0 unspecified atom stereocenters. The van der Waals surface area contributed by atoms with E-state index in [1.807, 2.05) is 36.4 Å². The van der Waals surface area contributed by atoms with Crippen molar-refractivity contribution in [2.24, 2.45) is 0 Å². The number of fused-ring (bicyclic) bond motifs is 8. The average molecular weight is 738 g/mol. The van der Waals surface area contributed by atoms with Crippen LogP contribution < -0.4 is 19.6 Å². The topological polar surface area (TPSA) is 56.9 Å². The number of hydrogen-bond acceptors (Lipinski definition) is 4. The lowest BCUT2D eigenvalue weighted by Crippen LogP contribution is -2.57. The van der Waals surface area contributed by atoms with E-state index in [0.29, 0.717) is 11.5 Å². The molecule has 1 aliphatic heterocycles. The molecule has 0 saturated carbocycles. The summed E-state index contributed by atoms with van der Waals surface area (Å²) in [6.07, 6.45) is 3.68. The van der Waals surface area contributed by atoms with Gasteiger partial charge in [-0.25, -0.2) is 14.5 Å². The zero-order chi connectivity index (χ0) is 38.2. The number of nitrogens with zero attached hydrogens (tertiary/aromatic N) is 7. The highest BCUT2D eigenvalue weighted by molar-refractivity contribution is 6.77. The number of anilines is 1. The Balaban J connectivity index is 0.995. The molecule has 0 atom stereocenters. The lowest BCUT2D eigenvalue weighted by molar-refractivity contribution is -0.571. The molecule has 11 rings (SSSR count). The smallest absolute Gasteiger partial charge is 0.421 e. The lowest BCUT2D eigenvalue weighted by atomic mass is 9.61. The van der Waals surface area contributed by atoms with E-state index < -0.39 is 0 Å². The molecule has 3 aromatic heterocycles. The molecule has 0 N–H and O–H groups in total. The number of hydrogen-bond donors (Lipinski definition) is 0. The molecule has 272 valence electrons. The Morgan fingerprint density at radius 1 is 0.596 bits per heavy atom. The normalized spacial score (nSPS) is 12.4. The molecule has 0 radical (unpaired) electrons. The Morgan fingerprint density at radius 2 is 1.28 bits per heavy atom. The van der Waals surface area contributed by atoms with Crippen LogP contribution in [-0.4, -0.2) is 37.6 Å². The van der Waals surface area contributed by atoms with Gasteiger partial charge in [0, 0.05) is 6.07 Å². The summed E-state index contributed by atoms with van der Waals surface area (Å²) in [5, 5.41) is 0. The number of aryl methyl sites for hydroxylation is 2. The molecule has 57 heavy (non-hydrogen) atoms. The molecule has 0 fully saturated rings. The highest BCUT2D eigenvalue weighted by atomic mass is 16.5. The molecule has 0 aliphatic carbocycles. The predicted octanol–water partition coefficient (Wildman–Crippen LogP) is 9.17. The second-order valence-corrected chi connectivity index (χ2v) is 14.7. The quantitative estimate of drug-likeness (QED) is 0.0971. The van der Waals surface area contributed by atoms with Crippen LogP contribution in [0.1, 0.15) is 11.1 Å². The molecule has 1 aliphatic rings. The third-order valence-corrected chi connectivity index (χ3v) is 11.2. The van der Waals surface area contributed by atoms with E-state index in [1.165, 1.54) is 16.6 Å². The Morgan fingerprint density at radius 3 is 2.14 bits per heavy atom. The van der Waals surface area contributed by atoms with E-state index in [-0.39, 0.29) is 6.98 Å². The first-order valence-electron chi connectivity index (χ1n) is 19.2. The minimum absolute atomic E-state index is 0.122. The van der Waals surface area contributed by atoms with Crippen molar-refractivity contribution in [1.29, 1.82) is 0 Å². The van der Waals surface area contributed by atoms with Crippen LogP contribution in [0, 0.1) is 20.2 Å². The molecular weight excluding hydrogens is 701 g/mol. The first-order chi connectivity index (χ1) is 28.0. The lowest BCUT2D eigenvalue weighted by Gasteiger charge is -2.34. The summed E-state index contributed by atoms with van der Waals surface area (Å²) in [4.78, 5) is 12.7. The van der Waals surface area contributed by atoms with Gasteiger partial charge in [-0.1, -0.05) is 120 Å². The van der Waals surface area contributed by atoms with E-state index >= 15 is 0 Å². The molecule has 0 amide bonds. The maximum Gasteiger partial charge on any atom is 0.421 e. The summed E-state index contributed by atoms with van der Waals surface area (Å²) in [6, 6.07) is 56.5. The zero-order valence-corrected chi connectivity index (χ0v) is 31.7. The van der Waals surface area contributed by atoms with Crippen molar-refractivity contribution in [2.45, 2.75) is 13.8 Å². The Kier molecular flexibility index (Phi) is 7.44. The number of aromatic nitrogens is 6. The highest BCUT2D eigenvalue weighted by Crippen LogP contribution is 2.37. The van der Waals surface area contributed by atoms with E-state index in [2.05, 4.69) is 178 Å². The molecule has 4 heterocycles. The molecule has 0 saturated heterocycles. The van der Waals surface area contributed by atoms with Crippen LogP contribution in [-0.2, 0) is 0 Å². The fourth-order valence-corrected chi connectivity index (χ4v) is 8.59. The molecule has 0 spiro atoms. The van der Waals surface area contributed by atoms with Crippen molar-refractivity contribution in [2.75, 3.05) is 11.9 Å². The third kappa shape index (κ3) is 5.19. The first-order valence-corrected chi connectivity index (χ1v) is 19.2. The molecular formula is C48H36BN7O. The van der Waals surface area contributed by atoms with Crippen LogP contribution in [0.4, 0.5) is 5.95 Å². The van der Waals surface area contributed by atoms with Gasteiger partial charge < -0.3 is 14.0 Å². The minimum atomic E-state index is -0.122. The van der Waals surface area contributed by atoms with Crippen LogP contribution in [0.5, 0.6) is 11.5 Å². The maximum atomic E-state index is 6.67. The van der Waals surface area contributed by atoms with Crippen molar-refractivity contribution in [3.63, 3.8) is 0 Å². The number of imidazole rings is 3. The summed E-state index contributed by atoms with van der Waals surface area (Å²) >= 11 is 0. The average Bonchev–Trinajstić information content (AvgIpc) is 3.94. The van der Waals surface area contributed by atoms with Crippen molar-refractivity contribution in [3.05, 3.63) is 181 Å². The largest absolute Gasteiger partial charge is 0.458 e. The minimum Gasteiger partial charge on any atom is -0.458 e. The van der Waals surface area contributed by atoms with Gasteiger partial charge in [-0.05, 0) is 86.0 Å². The zero-order valence-electron chi connectivity index (χ0n) is 31.7. The summed E-state index contributed by atoms with van der Waals surface area (Å²) in [5.74, 6) is 3.08. The van der Waals surface area contributed by atoms with Gasteiger partial charge in [0.2, 0.25) is 11.9 Å². The summed E-state index contributed by atoms with van der Waals surface area (Å²) < 4.78 is 15.4. The van der Waals surface area contributed by atoms with Gasteiger partial charge in [-0.3, -0.25) is 9.13 Å². The van der Waals surface area contributed by atoms with Crippen LogP contribution in [0.15, 0.2) is 164 Å². The van der Waals surface area contributed by atoms with Gasteiger partial charge in [-0.15, -0.1) is 0 Å². The Hall–Kier alpha value is -7.39. The molecule has 9 heteroatoms. The standard InChI is InChI=1S/C48H36BN7O/c1-32-15-13-16-33(2)46(32)49-52(3)47-50-40-28-27-37(30-45(40)55(47)48-51-39-22-8-10-24-42(39)56(48)49)57-36-20-14-19-35(29-36)53-31-54(44-26-12-11-25-43(44)53)41-23-9-7-21-38(41)34-17-5-4-6-18-34/h4-30H,1-3H3. The fraction of sp³-hybridized carbons (Fsp3) is 0.0625. The predicted molar refractivity (Wildman–Crippen MR) is 229 cm³/mol. The molecule has 7 aromatic carbocycles. The van der Waals surface area contributed by atoms with Crippen LogP contribution in [0.3, 0.4) is 0 Å². The van der Waals surface area contributed by atoms with Crippen LogP contribution >= 0.6 is 0 Å². The fourth-order valence-electron chi connectivity index (χ4n) is 8.59.